The van der Waals surface area contributed by atoms with Gasteiger partial charge in [-0.2, -0.15) is 0 Å². The van der Waals surface area contributed by atoms with Crippen molar-refractivity contribution in [1.82, 2.24) is 19.9 Å². The molecule has 32 heavy (non-hydrogen) atoms. The van der Waals surface area contributed by atoms with Gasteiger partial charge in [0.25, 0.3) is 0 Å². The van der Waals surface area contributed by atoms with E-state index in [1.54, 1.807) is 0 Å². The maximum atomic E-state index is 15.0. The van der Waals surface area contributed by atoms with Gasteiger partial charge in [0.05, 0.1) is 29.2 Å². The average Bonchev–Trinajstić information content (AvgIpc) is 2.96. The van der Waals surface area contributed by atoms with Crippen LogP contribution in [0.25, 0.3) is 10.9 Å². The van der Waals surface area contributed by atoms with Crippen molar-refractivity contribution >= 4 is 46.2 Å². The van der Waals surface area contributed by atoms with Gasteiger partial charge in [0.2, 0.25) is 0 Å². The van der Waals surface area contributed by atoms with Gasteiger partial charge in [-0.3, -0.25) is 4.90 Å². The number of hydrogen-bond acceptors (Lipinski definition) is 7. The average molecular weight is 480 g/mol. The van der Waals surface area contributed by atoms with Crippen LogP contribution >= 0.6 is 23.4 Å². The van der Waals surface area contributed by atoms with Crippen molar-refractivity contribution in [3.8, 4) is 0 Å². The molecule has 7 nitrogen and oxygen atoms in total. The summed E-state index contributed by atoms with van der Waals surface area (Å²) in [5, 5.41) is 0.979. The Labute approximate surface area is 196 Å². The zero-order valence-corrected chi connectivity index (χ0v) is 20.4. The van der Waals surface area contributed by atoms with Crippen LogP contribution < -0.4 is 4.90 Å². The molecule has 2 aromatic rings. The van der Waals surface area contributed by atoms with Crippen LogP contribution in [0.1, 0.15) is 46.2 Å². The standard InChI is InChI=1S/C22H27ClFN5O2S/c1-10-8-12-14-16(15(24)18(23)25-12)26-20(32-5)27-19(14)28-9-11-6-7-13(17(10)28)29(11)21(30)31-22(2,3)4/h10-11,13,17H,6-9H2,1-5H3/t10-,11-,13+,17?/m1/s1. The van der Waals surface area contributed by atoms with E-state index in [1.807, 2.05) is 31.9 Å². The molecule has 5 rings (SSSR count). The molecule has 2 aromatic heterocycles. The molecule has 1 amide bonds. The molecule has 2 fully saturated rings. The number of aromatic nitrogens is 3. The first-order valence-corrected chi connectivity index (χ1v) is 12.6. The Morgan fingerprint density at radius 3 is 2.69 bits per heavy atom. The lowest BCUT2D eigenvalue weighted by atomic mass is 9.88. The zero-order valence-electron chi connectivity index (χ0n) is 18.9. The van der Waals surface area contributed by atoms with Crippen LogP contribution in [0.15, 0.2) is 5.16 Å². The molecule has 3 aliphatic heterocycles. The molecule has 0 aromatic carbocycles. The minimum Gasteiger partial charge on any atom is -0.444 e. The fourth-order valence-electron chi connectivity index (χ4n) is 5.54. The van der Waals surface area contributed by atoms with E-state index in [4.69, 9.17) is 21.3 Å². The lowest BCUT2D eigenvalue weighted by Gasteiger charge is -2.49. The number of anilines is 1. The summed E-state index contributed by atoms with van der Waals surface area (Å²) >= 11 is 7.52. The van der Waals surface area contributed by atoms with E-state index in [9.17, 15) is 9.18 Å². The maximum Gasteiger partial charge on any atom is 0.410 e. The molecule has 172 valence electrons. The summed E-state index contributed by atoms with van der Waals surface area (Å²) in [7, 11) is 0. The largest absolute Gasteiger partial charge is 0.444 e. The first-order chi connectivity index (χ1) is 15.1. The molecule has 0 saturated carbocycles. The monoisotopic (exact) mass is 479 g/mol. The van der Waals surface area contributed by atoms with Crippen LogP contribution in [0.4, 0.5) is 15.0 Å². The number of halogens is 2. The highest BCUT2D eigenvalue weighted by molar-refractivity contribution is 7.98. The van der Waals surface area contributed by atoms with Crippen LogP contribution in [0.5, 0.6) is 0 Å². The van der Waals surface area contributed by atoms with Crippen LogP contribution in [0.2, 0.25) is 5.15 Å². The molecule has 2 saturated heterocycles. The van der Waals surface area contributed by atoms with E-state index >= 15 is 0 Å². The second-order valence-corrected chi connectivity index (χ2v) is 11.1. The predicted octanol–water partition coefficient (Wildman–Crippen LogP) is 4.69. The molecule has 3 aliphatic rings. The quantitative estimate of drug-likeness (QED) is 0.334. The van der Waals surface area contributed by atoms with Crippen LogP contribution in [-0.4, -0.2) is 62.5 Å². The van der Waals surface area contributed by atoms with Gasteiger partial charge in [-0.15, -0.1) is 0 Å². The third-order valence-electron chi connectivity index (χ3n) is 6.65. The van der Waals surface area contributed by atoms with Crippen molar-refractivity contribution < 1.29 is 13.9 Å². The van der Waals surface area contributed by atoms with Gasteiger partial charge in [0, 0.05) is 6.54 Å². The summed E-state index contributed by atoms with van der Waals surface area (Å²) in [4.78, 5) is 31.0. The summed E-state index contributed by atoms with van der Waals surface area (Å²) in [5.74, 6) is 0.242. The Bertz CT molecular complexity index is 1110. The Kier molecular flexibility index (Phi) is 5.20. The lowest BCUT2D eigenvalue weighted by molar-refractivity contribution is 0.00491. The summed E-state index contributed by atoms with van der Waals surface area (Å²) in [5.41, 5.74) is 0.392. The van der Waals surface area contributed by atoms with Gasteiger partial charge in [0.1, 0.15) is 16.9 Å². The molecule has 1 unspecified atom stereocenters. The molecular formula is C22H27ClFN5O2S. The first-order valence-electron chi connectivity index (χ1n) is 11.0. The van der Waals surface area contributed by atoms with Gasteiger partial charge in [-0.1, -0.05) is 30.3 Å². The number of fused-ring (bicyclic) bond motifs is 5. The van der Waals surface area contributed by atoms with Crippen LogP contribution in [0, 0.1) is 11.7 Å². The number of amides is 1. The highest BCUT2D eigenvalue weighted by Gasteiger charge is 2.52. The second-order valence-electron chi connectivity index (χ2n) is 9.93. The number of carbonyl (C=O) groups excluding carboxylic acids is 1. The van der Waals surface area contributed by atoms with Crippen molar-refractivity contribution in [3.05, 3.63) is 16.7 Å². The van der Waals surface area contributed by atoms with E-state index in [0.717, 1.165) is 18.5 Å². The van der Waals surface area contributed by atoms with Crippen molar-refractivity contribution in [2.75, 3.05) is 17.7 Å². The van der Waals surface area contributed by atoms with Crippen molar-refractivity contribution in [2.45, 2.75) is 75.8 Å². The van der Waals surface area contributed by atoms with Gasteiger partial charge in [0.15, 0.2) is 16.1 Å². The number of thioether (sulfide) groups is 1. The molecule has 0 radical (unpaired) electrons. The smallest absolute Gasteiger partial charge is 0.410 e. The number of hydrogen-bond donors (Lipinski definition) is 0. The van der Waals surface area contributed by atoms with Crippen molar-refractivity contribution in [3.63, 3.8) is 0 Å². The third kappa shape index (κ3) is 3.39. The van der Waals surface area contributed by atoms with Gasteiger partial charge in [-0.25, -0.2) is 24.1 Å². The number of pyridine rings is 1. The molecular weight excluding hydrogens is 453 g/mol. The van der Waals surface area contributed by atoms with E-state index in [-0.39, 0.29) is 40.8 Å². The molecule has 0 aliphatic carbocycles. The van der Waals surface area contributed by atoms with E-state index in [2.05, 4.69) is 21.8 Å². The molecule has 0 N–H and O–H groups in total. The minimum atomic E-state index is -0.606. The minimum absolute atomic E-state index is 0.00373. The fourth-order valence-corrected chi connectivity index (χ4v) is 6.10. The highest BCUT2D eigenvalue weighted by atomic mass is 35.5. The number of carbonyl (C=O) groups is 1. The molecule has 4 atom stereocenters. The van der Waals surface area contributed by atoms with Gasteiger partial charge >= 0.3 is 6.09 Å². The summed E-state index contributed by atoms with van der Waals surface area (Å²) in [6.45, 7) is 8.44. The number of piperazine rings is 1. The Hall–Kier alpha value is -1.87. The maximum absolute atomic E-state index is 15.0. The topological polar surface area (TPSA) is 71.5 Å². The lowest BCUT2D eigenvalue weighted by Crippen LogP contribution is -2.63. The number of ether oxygens (including phenoxy) is 1. The van der Waals surface area contributed by atoms with Crippen LogP contribution in [0.3, 0.4) is 0 Å². The second kappa shape index (κ2) is 7.58. The normalized spacial score (nSPS) is 26.8. The zero-order chi connectivity index (χ0) is 22.9. The van der Waals surface area contributed by atoms with Crippen molar-refractivity contribution in [2.24, 2.45) is 5.92 Å². The summed E-state index contributed by atoms with van der Waals surface area (Å²) in [6, 6.07) is 0.0359. The highest BCUT2D eigenvalue weighted by Crippen LogP contribution is 2.45. The number of rotatable bonds is 1. The Morgan fingerprint density at radius 1 is 1.25 bits per heavy atom. The van der Waals surface area contributed by atoms with Gasteiger partial charge < -0.3 is 9.64 Å². The Balaban J connectivity index is 1.64. The number of nitrogens with zero attached hydrogens (tertiary/aromatic N) is 5. The SMILES string of the molecule is CSc1nc2c3c(nc(Cl)c(F)c3n1)C[C@@H](C)C1[C@@H]3CC[C@H](CN21)N3C(=O)OC(C)(C)C. The molecule has 0 spiro atoms. The molecule has 5 heterocycles. The summed E-state index contributed by atoms with van der Waals surface area (Å²) < 4.78 is 20.7. The molecule has 2 bridgehead atoms. The summed E-state index contributed by atoms with van der Waals surface area (Å²) in [6.07, 6.45) is 4.03. The third-order valence-corrected chi connectivity index (χ3v) is 7.44. The van der Waals surface area contributed by atoms with Gasteiger partial charge in [-0.05, 0) is 52.2 Å². The van der Waals surface area contributed by atoms with E-state index in [1.165, 1.54) is 11.8 Å². The predicted molar refractivity (Wildman–Crippen MR) is 123 cm³/mol. The van der Waals surface area contributed by atoms with Crippen molar-refractivity contribution in [1.29, 1.82) is 0 Å². The van der Waals surface area contributed by atoms with E-state index < -0.39 is 11.4 Å². The van der Waals surface area contributed by atoms with E-state index in [0.29, 0.717) is 29.3 Å². The fraction of sp³-hybridized carbons (Fsp3) is 0.636. The Morgan fingerprint density at radius 2 is 2.00 bits per heavy atom. The van der Waals surface area contributed by atoms with Crippen LogP contribution in [-0.2, 0) is 11.2 Å². The first kappa shape index (κ1) is 21.9. The molecule has 10 heteroatoms.